The molecule has 12 rings (SSSR count). The summed E-state index contributed by atoms with van der Waals surface area (Å²) in [5.41, 5.74) is 0. The Bertz CT molecular complexity index is 3130. The van der Waals surface area contributed by atoms with Crippen LogP contribution in [0.5, 0.6) is 0 Å². The molecule has 0 aliphatic rings. The molecule has 0 atom stereocenters. The van der Waals surface area contributed by atoms with E-state index < -0.39 is 91.9 Å². The van der Waals surface area contributed by atoms with Crippen molar-refractivity contribution in [3.63, 3.8) is 0 Å². The quantitative estimate of drug-likeness (QED) is 0.0291. The molecule has 0 saturated carbocycles. The van der Waals surface area contributed by atoms with Crippen molar-refractivity contribution in [1.29, 1.82) is 0 Å². The van der Waals surface area contributed by atoms with Crippen LogP contribution in [-0.2, 0) is 0 Å². The van der Waals surface area contributed by atoms with Crippen LogP contribution >= 0.6 is 0 Å². The van der Waals surface area contributed by atoms with Gasteiger partial charge in [0.1, 0.15) is 0 Å². The molecular formula is C88H92Sn5. The monoisotopic (exact) mass is 1750 g/mol. The van der Waals surface area contributed by atoms with Crippen molar-refractivity contribution in [3.05, 3.63) is 364 Å². The van der Waals surface area contributed by atoms with E-state index in [1.807, 2.05) is 0 Å². The Kier molecular flexibility index (Phi) is 24.7. The molecule has 464 valence electrons. The standard InChI is InChI=1S/12C6H5.4C4H8.5Sn/c12*1-2-4-6-5-3-1;4*1-3-4-2;;;;;/h12*1-5H;4*1-4H2;;;;;. The second-order valence-corrected chi connectivity index (χ2v) is 86.8. The van der Waals surface area contributed by atoms with E-state index in [0.717, 1.165) is 0 Å². The van der Waals surface area contributed by atoms with Gasteiger partial charge in [0.15, 0.2) is 0 Å². The van der Waals surface area contributed by atoms with E-state index in [-0.39, 0.29) is 0 Å². The van der Waals surface area contributed by atoms with E-state index >= 15 is 0 Å². The fraction of sp³-hybridized carbons (Fsp3) is 0.182. The molecule has 0 heterocycles. The summed E-state index contributed by atoms with van der Waals surface area (Å²) in [6.45, 7) is 0. The second kappa shape index (κ2) is 34.0. The predicted molar refractivity (Wildman–Crippen MR) is 417 cm³/mol. The van der Waals surface area contributed by atoms with E-state index in [9.17, 15) is 0 Å². The predicted octanol–water partition coefficient (Wildman–Crippen LogP) is 15.2. The summed E-state index contributed by atoms with van der Waals surface area (Å²) in [7, 11) is 0. The Morgan fingerprint density at radius 1 is 0.118 bits per heavy atom. The van der Waals surface area contributed by atoms with Crippen LogP contribution < -0.4 is 43.0 Å². The van der Waals surface area contributed by atoms with Gasteiger partial charge in [-0.3, -0.25) is 0 Å². The van der Waals surface area contributed by atoms with Crippen LogP contribution in [0.3, 0.4) is 0 Å². The Balaban J connectivity index is 0.932. The van der Waals surface area contributed by atoms with Gasteiger partial charge >= 0.3 is 586 Å². The number of benzene rings is 12. The minimum atomic E-state index is -3.53. The maximum absolute atomic E-state index is 3.53. The average Bonchev–Trinajstić information content (AvgIpc) is 0.829. The van der Waals surface area contributed by atoms with E-state index in [0.29, 0.717) is 0 Å². The molecule has 0 aliphatic heterocycles. The molecule has 12 aromatic rings. The van der Waals surface area contributed by atoms with Crippen molar-refractivity contribution in [3.8, 4) is 0 Å². The Morgan fingerprint density at radius 2 is 0.215 bits per heavy atom. The topological polar surface area (TPSA) is 0 Å². The summed E-state index contributed by atoms with van der Waals surface area (Å²) < 4.78 is 30.4. The molecule has 93 heavy (non-hydrogen) atoms. The van der Waals surface area contributed by atoms with E-state index in [1.54, 1.807) is 43.0 Å². The van der Waals surface area contributed by atoms with Gasteiger partial charge in [-0.25, -0.2) is 0 Å². The van der Waals surface area contributed by atoms with Gasteiger partial charge in [-0.2, -0.15) is 0 Å². The zero-order valence-electron chi connectivity index (χ0n) is 54.5. The van der Waals surface area contributed by atoms with Crippen LogP contribution in [0.2, 0.25) is 35.5 Å². The molecule has 0 spiro atoms. The summed E-state index contributed by atoms with van der Waals surface area (Å²) in [4.78, 5) is 0. The molecule has 0 N–H and O–H groups in total. The van der Waals surface area contributed by atoms with Crippen LogP contribution in [0.4, 0.5) is 0 Å². The number of unbranched alkanes of at least 4 members (excludes halogenated alkanes) is 4. The van der Waals surface area contributed by atoms with Gasteiger partial charge in [0.25, 0.3) is 0 Å². The third kappa shape index (κ3) is 15.7. The zero-order chi connectivity index (χ0) is 63.2. The Labute approximate surface area is 578 Å². The maximum atomic E-state index is 2.50. The molecule has 0 saturated heterocycles. The summed E-state index contributed by atoms with van der Waals surface area (Å²) in [6.07, 6.45) is 10.5. The zero-order valence-corrected chi connectivity index (χ0v) is 68.7. The van der Waals surface area contributed by atoms with Gasteiger partial charge in [-0.1, -0.05) is 0 Å². The third-order valence-corrected chi connectivity index (χ3v) is 95.2. The number of rotatable bonds is 32. The van der Waals surface area contributed by atoms with E-state index in [1.165, 1.54) is 86.9 Å². The Hall–Kier alpha value is -5.37. The van der Waals surface area contributed by atoms with Gasteiger partial charge < -0.3 is 0 Å². The SMILES string of the molecule is c1cc[c]([Sn]([CH2]CC[CH2][Sn]([CH2]CC[CH2][Sn]([c]2ccccc2)([c]2ccccc2)[c]2ccccc2)([CH2]CC[CH2][Sn]([c]2ccccc2)([c]2ccccc2)[c]2ccccc2)[CH2]CC[CH2][Sn]([c]2ccccc2)([c]2ccccc2)[c]2ccccc2)([c]2ccccc2)[c]2ccccc2)cc1. The molecule has 0 aliphatic carbocycles. The second-order valence-electron chi connectivity index (χ2n) is 26.3. The fourth-order valence-corrected chi connectivity index (χ4v) is 88.7. The van der Waals surface area contributed by atoms with Crippen molar-refractivity contribution in [1.82, 2.24) is 0 Å². The number of hydrogen-bond acceptors (Lipinski definition) is 0. The van der Waals surface area contributed by atoms with Crippen LogP contribution in [0.15, 0.2) is 364 Å². The first-order valence-corrected chi connectivity index (χ1v) is 68.0. The van der Waals surface area contributed by atoms with Crippen LogP contribution in [0.1, 0.15) is 51.4 Å². The van der Waals surface area contributed by atoms with E-state index in [2.05, 4.69) is 364 Å². The summed E-state index contributed by atoms with van der Waals surface area (Å²) in [6, 6.07) is 142. The Morgan fingerprint density at radius 3 is 0.323 bits per heavy atom. The van der Waals surface area contributed by atoms with Gasteiger partial charge in [-0.05, 0) is 0 Å². The van der Waals surface area contributed by atoms with Gasteiger partial charge in [-0.15, -0.1) is 0 Å². The average molecular weight is 1740 g/mol. The molecule has 0 unspecified atom stereocenters. The molecule has 0 nitrogen and oxygen atoms in total. The van der Waals surface area contributed by atoms with Crippen molar-refractivity contribution < 1.29 is 0 Å². The molecular weight excluding hydrogens is 1650 g/mol. The normalized spacial score (nSPS) is 12.1. The van der Waals surface area contributed by atoms with Crippen LogP contribution in [0, 0.1) is 0 Å². The first-order valence-electron chi connectivity index (χ1n) is 34.8. The fourth-order valence-electron chi connectivity index (χ4n) is 16.7. The van der Waals surface area contributed by atoms with Gasteiger partial charge in [0.2, 0.25) is 0 Å². The first-order chi connectivity index (χ1) is 46.1. The summed E-state index contributed by atoms with van der Waals surface area (Å²) >= 11 is -17.3. The van der Waals surface area contributed by atoms with Crippen molar-refractivity contribution in [2.75, 3.05) is 0 Å². The molecule has 0 radical (unpaired) electrons. The molecule has 5 heteroatoms. The van der Waals surface area contributed by atoms with Crippen molar-refractivity contribution in [2.45, 2.75) is 86.9 Å². The van der Waals surface area contributed by atoms with Crippen LogP contribution in [0.25, 0.3) is 0 Å². The summed E-state index contributed by atoms with van der Waals surface area (Å²) in [5.74, 6) is 0. The molecule has 0 fully saturated rings. The molecule has 0 bridgehead atoms. The van der Waals surface area contributed by atoms with Crippen LogP contribution in [-0.4, -0.2) is 91.9 Å². The van der Waals surface area contributed by atoms with Gasteiger partial charge in [0.05, 0.1) is 0 Å². The molecule has 0 amide bonds. The summed E-state index contributed by atoms with van der Waals surface area (Å²) in [5, 5.41) is 0. The first kappa shape index (κ1) is 67.6. The third-order valence-electron chi connectivity index (χ3n) is 21.2. The van der Waals surface area contributed by atoms with Crippen molar-refractivity contribution in [2.24, 2.45) is 0 Å². The number of hydrogen-bond donors (Lipinski definition) is 0. The molecule has 12 aromatic carbocycles. The molecule has 0 aromatic heterocycles. The minimum absolute atomic E-state index is 1.29. The van der Waals surface area contributed by atoms with Crippen molar-refractivity contribution >= 4 is 135 Å². The van der Waals surface area contributed by atoms with Gasteiger partial charge in [0, 0.05) is 0 Å². The van der Waals surface area contributed by atoms with E-state index in [4.69, 9.17) is 0 Å².